The highest BCUT2D eigenvalue weighted by Crippen LogP contribution is 2.14. The summed E-state index contributed by atoms with van der Waals surface area (Å²) < 4.78 is 26.9. The van der Waals surface area contributed by atoms with Crippen LogP contribution in [0.5, 0.6) is 0 Å². The van der Waals surface area contributed by atoms with Crippen molar-refractivity contribution in [3.8, 4) is 0 Å². The standard InChI is InChI=1S/C16H25N3O3S.ClH/c1-11(2)19-23(21,22)14-7-4-6-13(10-14)16(20)18-15-8-5-9-17-12(15)3;/h4,6-7,10-12,15,17,19H,5,8-9H2,1-3H3,(H,18,20);1H. The van der Waals surface area contributed by atoms with Crippen LogP contribution >= 0.6 is 12.4 Å². The number of benzene rings is 1. The van der Waals surface area contributed by atoms with Gasteiger partial charge >= 0.3 is 0 Å². The molecule has 2 rings (SSSR count). The molecule has 1 amide bonds. The van der Waals surface area contributed by atoms with E-state index in [9.17, 15) is 13.2 Å². The molecule has 1 saturated heterocycles. The smallest absolute Gasteiger partial charge is 0.251 e. The first-order valence-corrected chi connectivity index (χ1v) is 9.44. The van der Waals surface area contributed by atoms with Crippen molar-refractivity contribution in [1.82, 2.24) is 15.4 Å². The summed E-state index contributed by atoms with van der Waals surface area (Å²) >= 11 is 0. The van der Waals surface area contributed by atoms with E-state index >= 15 is 0 Å². The maximum atomic E-state index is 12.4. The topological polar surface area (TPSA) is 87.3 Å². The Balaban J connectivity index is 0.00000288. The van der Waals surface area contributed by atoms with Gasteiger partial charge in [0.05, 0.1) is 4.90 Å². The van der Waals surface area contributed by atoms with Crippen molar-refractivity contribution in [2.24, 2.45) is 0 Å². The van der Waals surface area contributed by atoms with Gasteiger partial charge in [0, 0.05) is 23.7 Å². The molecule has 1 heterocycles. The highest BCUT2D eigenvalue weighted by Gasteiger charge is 2.23. The van der Waals surface area contributed by atoms with E-state index in [1.165, 1.54) is 12.1 Å². The molecular weight excluding hydrogens is 350 g/mol. The molecular formula is C16H26ClN3O3S. The quantitative estimate of drug-likeness (QED) is 0.730. The van der Waals surface area contributed by atoms with Crippen molar-refractivity contribution in [2.75, 3.05) is 6.54 Å². The number of sulfonamides is 1. The van der Waals surface area contributed by atoms with Gasteiger partial charge in [-0.05, 0) is 58.4 Å². The molecule has 8 heteroatoms. The predicted octanol–water partition coefficient (Wildman–Crippen LogP) is 1.67. The van der Waals surface area contributed by atoms with Gasteiger partial charge in [-0.2, -0.15) is 0 Å². The lowest BCUT2D eigenvalue weighted by Crippen LogP contribution is -2.51. The summed E-state index contributed by atoms with van der Waals surface area (Å²) in [6.07, 6.45) is 1.94. The molecule has 1 fully saturated rings. The van der Waals surface area contributed by atoms with Crippen LogP contribution in [0.2, 0.25) is 0 Å². The minimum absolute atomic E-state index is 0. The van der Waals surface area contributed by atoms with Gasteiger partial charge in [0.2, 0.25) is 10.0 Å². The molecule has 1 aliphatic rings. The van der Waals surface area contributed by atoms with Gasteiger partial charge in [-0.3, -0.25) is 4.79 Å². The van der Waals surface area contributed by atoms with Gasteiger partial charge in [0.1, 0.15) is 0 Å². The van der Waals surface area contributed by atoms with Gasteiger partial charge in [0.25, 0.3) is 5.91 Å². The average Bonchev–Trinajstić information content (AvgIpc) is 2.48. The van der Waals surface area contributed by atoms with E-state index in [1.54, 1.807) is 26.0 Å². The second-order valence-corrected chi connectivity index (χ2v) is 7.98. The van der Waals surface area contributed by atoms with Crippen LogP contribution < -0.4 is 15.4 Å². The largest absolute Gasteiger partial charge is 0.348 e. The Bertz CT molecular complexity index is 664. The molecule has 1 aromatic carbocycles. The Morgan fingerprint density at radius 1 is 1.33 bits per heavy atom. The SMILES string of the molecule is CC(C)NS(=O)(=O)c1cccc(C(=O)NC2CCCNC2C)c1.Cl. The van der Waals surface area contributed by atoms with E-state index in [2.05, 4.69) is 15.4 Å². The number of rotatable bonds is 5. The number of hydrogen-bond acceptors (Lipinski definition) is 4. The zero-order valence-corrected chi connectivity index (χ0v) is 15.8. The Labute approximate surface area is 150 Å². The van der Waals surface area contributed by atoms with Gasteiger partial charge < -0.3 is 10.6 Å². The highest BCUT2D eigenvalue weighted by atomic mass is 35.5. The van der Waals surface area contributed by atoms with Crippen molar-refractivity contribution >= 4 is 28.3 Å². The third kappa shape index (κ3) is 5.44. The van der Waals surface area contributed by atoms with E-state index in [-0.39, 0.29) is 41.3 Å². The van der Waals surface area contributed by atoms with Gasteiger partial charge in [-0.1, -0.05) is 6.07 Å². The summed E-state index contributed by atoms with van der Waals surface area (Å²) in [5.74, 6) is -0.243. The summed E-state index contributed by atoms with van der Waals surface area (Å²) in [7, 11) is -3.60. The van der Waals surface area contributed by atoms with E-state index in [0.717, 1.165) is 19.4 Å². The first-order chi connectivity index (χ1) is 10.8. The van der Waals surface area contributed by atoms with Crippen LogP contribution in [-0.2, 0) is 10.0 Å². The summed E-state index contributed by atoms with van der Waals surface area (Å²) in [6, 6.07) is 6.20. The minimum atomic E-state index is -3.60. The molecule has 6 nitrogen and oxygen atoms in total. The zero-order chi connectivity index (χ0) is 17.0. The second kappa shape index (κ2) is 8.80. The molecule has 24 heavy (non-hydrogen) atoms. The molecule has 136 valence electrons. The molecule has 2 atom stereocenters. The van der Waals surface area contributed by atoms with E-state index < -0.39 is 10.0 Å². The number of piperidine rings is 1. The average molecular weight is 376 g/mol. The molecule has 3 N–H and O–H groups in total. The van der Waals surface area contributed by atoms with Crippen LogP contribution in [0.4, 0.5) is 0 Å². The summed E-state index contributed by atoms with van der Waals surface area (Å²) in [4.78, 5) is 12.5. The van der Waals surface area contributed by atoms with Crippen molar-refractivity contribution < 1.29 is 13.2 Å². The lowest BCUT2D eigenvalue weighted by molar-refractivity contribution is 0.0919. The Kier molecular flexibility index (Phi) is 7.66. The molecule has 0 saturated carbocycles. The lowest BCUT2D eigenvalue weighted by Gasteiger charge is -2.30. The monoisotopic (exact) mass is 375 g/mol. The first kappa shape index (κ1) is 20.9. The van der Waals surface area contributed by atoms with Crippen molar-refractivity contribution in [3.05, 3.63) is 29.8 Å². The molecule has 0 aliphatic carbocycles. The molecule has 1 aromatic rings. The fraction of sp³-hybridized carbons (Fsp3) is 0.562. The van der Waals surface area contributed by atoms with E-state index in [4.69, 9.17) is 0 Å². The van der Waals surface area contributed by atoms with Crippen LogP contribution in [0.25, 0.3) is 0 Å². The van der Waals surface area contributed by atoms with Crippen molar-refractivity contribution in [3.63, 3.8) is 0 Å². The summed E-state index contributed by atoms with van der Waals surface area (Å²) in [5.41, 5.74) is 0.356. The molecule has 0 radical (unpaired) electrons. The molecule has 1 aliphatic heterocycles. The highest BCUT2D eigenvalue weighted by molar-refractivity contribution is 7.89. The van der Waals surface area contributed by atoms with E-state index in [1.807, 2.05) is 6.92 Å². The third-order valence-electron chi connectivity index (χ3n) is 3.88. The maximum absolute atomic E-state index is 12.4. The second-order valence-electron chi connectivity index (χ2n) is 6.27. The van der Waals surface area contributed by atoms with Gasteiger partial charge in [0.15, 0.2) is 0 Å². The summed E-state index contributed by atoms with van der Waals surface area (Å²) in [5, 5.41) is 6.31. The number of nitrogens with one attached hydrogen (secondary N) is 3. The van der Waals surface area contributed by atoms with Gasteiger partial charge in [-0.25, -0.2) is 13.1 Å². The maximum Gasteiger partial charge on any atom is 0.251 e. The normalized spacial score (nSPS) is 21.2. The van der Waals surface area contributed by atoms with Crippen LogP contribution in [0.15, 0.2) is 29.2 Å². The number of carbonyl (C=O) groups excluding carboxylic acids is 1. The fourth-order valence-electron chi connectivity index (χ4n) is 2.68. The minimum Gasteiger partial charge on any atom is -0.348 e. The number of hydrogen-bond donors (Lipinski definition) is 3. The third-order valence-corrected chi connectivity index (χ3v) is 5.53. The van der Waals surface area contributed by atoms with Crippen molar-refractivity contribution in [1.29, 1.82) is 0 Å². The van der Waals surface area contributed by atoms with Crippen LogP contribution in [0.3, 0.4) is 0 Å². The molecule has 0 bridgehead atoms. The van der Waals surface area contributed by atoms with Crippen molar-refractivity contribution in [2.45, 2.75) is 56.6 Å². The fourth-order valence-corrected chi connectivity index (χ4v) is 3.97. The lowest BCUT2D eigenvalue weighted by atomic mass is 9.99. The number of halogens is 1. The Hall–Kier alpha value is -1.15. The Morgan fingerprint density at radius 2 is 2.04 bits per heavy atom. The van der Waals surface area contributed by atoms with Gasteiger partial charge in [-0.15, -0.1) is 12.4 Å². The number of carbonyl (C=O) groups is 1. The summed E-state index contributed by atoms with van der Waals surface area (Å²) in [6.45, 7) is 6.51. The first-order valence-electron chi connectivity index (χ1n) is 7.96. The number of amides is 1. The Morgan fingerprint density at radius 3 is 2.67 bits per heavy atom. The zero-order valence-electron chi connectivity index (χ0n) is 14.2. The molecule has 0 aromatic heterocycles. The predicted molar refractivity (Wildman–Crippen MR) is 97.1 cm³/mol. The van der Waals surface area contributed by atoms with Crippen LogP contribution in [0, 0.1) is 0 Å². The van der Waals surface area contributed by atoms with E-state index in [0.29, 0.717) is 5.56 Å². The molecule has 0 spiro atoms. The van der Waals surface area contributed by atoms with Crippen LogP contribution in [-0.4, -0.2) is 39.0 Å². The van der Waals surface area contributed by atoms with Crippen LogP contribution in [0.1, 0.15) is 44.0 Å². The molecule has 2 unspecified atom stereocenters.